The highest BCUT2D eigenvalue weighted by Gasteiger charge is 2.30. The van der Waals surface area contributed by atoms with Gasteiger partial charge in [-0.25, -0.2) is 9.67 Å². The Kier molecular flexibility index (Phi) is 4.43. The number of hydrogen-bond donors (Lipinski definition) is 0. The molecule has 0 atom stereocenters. The average Bonchev–Trinajstić information content (AvgIpc) is 3.50. The Morgan fingerprint density at radius 3 is 2.77 bits per heavy atom. The van der Waals surface area contributed by atoms with Crippen molar-refractivity contribution in [1.82, 2.24) is 29.5 Å². The Hall–Kier alpha value is -3.80. The van der Waals surface area contributed by atoms with E-state index >= 15 is 0 Å². The molecule has 156 valence electrons. The number of halogens is 3. The molecular weight excluding hydrogens is 433 g/mol. The maximum absolute atomic E-state index is 13.0. The monoisotopic (exact) mass is 444 g/mol. The molecule has 0 amide bonds. The van der Waals surface area contributed by atoms with Crippen molar-refractivity contribution in [3.05, 3.63) is 76.1 Å². The van der Waals surface area contributed by atoms with Crippen LogP contribution >= 0.6 is 11.3 Å². The predicted molar refractivity (Wildman–Crippen MR) is 105 cm³/mol. The van der Waals surface area contributed by atoms with E-state index < -0.39 is 17.3 Å². The second-order valence-electron chi connectivity index (χ2n) is 6.50. The Balaban J connectivity index is 1.49. The Labute approximate surface area is 175 Å². The quantitative estimate of drug-likeness (QED) is 0.419. The number of fused-ring (bicyclic) bond motifs is 1. The van der Waals surface area contributed by atoms with Crippen LogP contribution in [0.5, 0.6) is 0 Å². The van der Waals surface area contributed by atoms with Crippen molar-refractivity contribution in [3.63, 3.8) is 0 Å². The Morgan fingerprint density at radius 1 is 1.13 bits per heavy atom. The third-order valence-electron chi connectivity index (χ3n) is 4.48. The van der Waals surface area contributed by atoms with Crippen LogP contribution in [0.1, 0.15) is 11.5 Å². The molecule has 0 N–H and O–H groups in total. The van der Waals surface area contributed by atoms with Gasteiger partial charge in [-0.3, -0.25) is 9.36 Å². The molecular formula is C19H11F3N6O2S. The van der Waals surface area contributed by atoms with Gasteiger partial charge in [-0.15, -0.1) is 21.5 Å². The van der Waals surface area contributed by atoms with Crippen LogP contribution in [0.3, 0.4) is 0 Å². The number of thiophene rings is 1. The molecule has 0 fully saturated rings. The Bertz CT molecular complexity index is 1440. The summed E-state index contributed by atoms with van der Waals surface area (Å²) in [6.07, 6.45) is -1.96. The predicted octanol–water partition coefficient (Wildman–Crippen LogP) is 3.76. The summed E-state index contributed by atoms with van der Waals surface area (Å²) in [5.41, 5.74) is -0.962. The number of benzene rings is 1. The molecule has 5 aromatic rings. The van der Waals surface area contributed by atoms with Gasteiger partial charge in [0.25, 0.3) is 11.4 Å². The highest BCUT2D eigenvalue weighted by Crippen LogP contribution is 2.30. The summed E-state index contributed by atoms with van der Waals surface area (Å²) in [6.45, 7) is -0.00507. The van der Waals surface area contributed by atoms with Gasteiger partial charge >= 0.3 is 6.18 Å². The molecule has 12 heteroatoms. The van der Waals surface area contributed by atoms with Gasteiger partial charge in [0.15, 0.2) is 5.65 Å². The van der Waals surface area contributed by atoms with Crippen LogP contribution in [-0.2, 0) is 12.7 Å². The van der Waals surface area contributed by atoms with Crippen molar-refractivity contribution in [1.29, 1.82) is 0 Å². The first-order valence-electron chi connectivity index (χ1n) is 8.87. The zero-order valence-corrected chi connectivity index (χ0v) is 16.3. The molecule has 1 aromatic carbocycles. The van der Waals surface area contributed by atoms with E-state index in [1.807, 2.05) is 17.5 Å². The summed E-state index contributed by atoms with van der Waals surface area (Å²) in [6, 6.07) is 8.33. The minimum absolute atomic E-state index is 0.00507. The molecule has 0 aliphatic heterocycles. The van der Waals surface area contributed by atoms with Gasteiger partial charge in [-0.2, -0.15) is 18.3 Å². The zero-order chi connectivity index (χ0) is 21.6. The fourth-order valence-electron chi connectivity index (χ4n) is 3.03. The van der Waals surface area contributed by atoms with E-state index in [0.29, 0.717) is 5.89 Å². The van der Waals surface area contributed by atoms with Crippen molar-refractivity contribution >= 4 is 22.4 Å². The van der Waals surface area contributed by atoms with Crippen LogP contribution in [0.25, 0.3) is 27.5 Å². The first-order valence-corrected chi connectivity index (χ1v) is 9.75. The van der Waals surface area contributed by atoms with Crippen molar-refractivity contribution in [2.24, 2.45) is 0 Å². The van der Waals surface area contributed by atoms with Gasteiger partial charge in [0.1, 0.15) is 18.3 Å². The smallest absolute Gasteiger partial charge is 0.416 e. The van der Waals surface area contributed by atoms with Gasteiger partial charge in [0.2, 0.25) is 5.89 Å². The first-order chi connectivity index (χ1) is 14.9. The Morgan fingerprint density at radius 2 is 2.00 bits per heavy atom. The largest absolute Gasteiger partial charge is 0.418 e. The molecule has 31 heavy (non-hydrogen) atoms. The minimum Gasteiger partial charge on any atom is -0.418 e. The van der Waals surface area contributed by atoms with Gasteiger partial charge in [0.05, 0.1) is 22.3 Å². The minimum atomic E-state index is -4.49. The molecule has 0 spiro atoms. The van der Waals surface area contributed by atoms with E-state index in [4.69, 9.17) is 4.42 Å². The zero-order valence-electron chi connectivity index (χ0n) is 15.4. The van der Waals surface area contributed by atoms with Crippen LogP contribution < -0.4 is 5.56 Å². The average molecular weight is 444 g/mol. The van der Waals surface area contributed by atoms with Crippen LogP contribution in [0.15, 0.2) is 63.5 Å². The second kappa shape index (κ2) is 7.16. The van der Waals surface area contributed by atoms with Crippen LogP contribution in [0.4, 0.5) is 13.2 Å². The first kappa shape index (κ1) is 19.2. The van der Waals surface area contributed by atoms with E-state index in [0.717, 1.165) is 17.0 Å². The van der Waals surface area contributed by atoms with Gasteiger partial charge in [-0.05, 0) is 29.6 Å². The molecule has 0 aliphatic rings. The molecule has 4 aromatic heterocycles. The third-order valence-corrected chi connectivity index (χ3v) is 5.33. The number of hydrogen-bond acceptors (Lipinski definition) is 7. The summed E-state index contributed by atoms with van der Waals surface area (Å²) >= 11 is 1.45. The van der Waals surface area contributed by atoms with Crippen molar-refractivity contribution in [2.75, 3.05) is 0 Å². The van der Waals surface area contributed by atoms with E-state index in [1.165, 1.54) is 45.2 Å². The lowest BCUT2D eigenvalue weighted by atomic mass is 10.2. The standard InChI is InChI=1S/C19H11F3N6O2S/c20-19(21,22)11-3-1-4-12(7-11)28-16-13(8-24-28)18(29)27(10-23-16)9-15-25-26-17(30-15)14-5-2-6-31-14/h1-8,10H,9H2. The summed E-state index contributed by atoms with van der Waals surface area (Å²) in [5.74, 6) is 0.571. The fourth-order valence-corrected chi connectivity index (χ4v) is 3.67. The van der Waals surface area contributed by atoms with Gasteiger partial charge < -0.3 is 4.42 Å². The van der Waals surface area contributed by atoms with Crippen molar-refractivity contribution in [2.45, 2.75) is 12.7 Å². The number of alkyl halides is 3. The number of rotatable bonds is 4. The normalized spacial score (nSPS) is 12.0. The molecule has 0 saturated carbocycles. The molecule has 5 rings (SSSR count). The topological polar surface area (TPSA) is 91.6 Å². The number of nitrogens with zero attached hydrogens (tertiary/aromatic N) is 6. The summed E-state index contributed by atoms with van der Waals surface area (Å²) < 4.78 is 47.1. The third kappa shape index (κ3) is 3.50. The van der Waals surface area contributed by atoms with Gasteiger partial charge in [0, 0.05) is 0 Å². The lowest BCUT2D eigenvalue weighted by molar-refractivity contribution is -0.137. The highest BCUT2D eigenvalue weighted by molar-refractivity contribution is 7.13. The molecule has 8 nitrogen and oxygen atoms in total. The van der Waals surface area contributed by atoms with Crippen LogP contribution in [0.2, 0.25) is 0 Å². The number of aromatic nitrogens is 6. The van der Waals surface area contributed by atoms with Gasteiger partial charge in [-0.1, -0.05) is 12.1 Å². The SMILES string of the molecule is O=c1c2cnn(-c3cccc(C(F)(F)F)c3)c2ncn1Cc1nnc(-c2cccs2)o1. The van der Waals surface area contributed by atoms with Crippen LogP contribution in [0, 0.1) is 0 Å². The van der Waals surface area contributed by atoms with Crippen molar-refractivity contribution < 1.29 is 17.6 Å². The van der Waals surface area contributed by atoms with E-state index in [9.17, 15) is 18.0 Å². The van der Waals surface area contributed by atoms with E-state index in [1.54, 1.807) is 0 Å². The lowest BCUT2D eigenvalue weighted by Gasteiger charge is -2.09. The molecule has 4 heterocycles. The molecule has 0 saturated heterocycles. The lowest BCUT2D eigenvalue weighted by Crippen LogP contribution is -2.21. The summed E-state index contributed by atoms with van der Waals surface area (Å²) in [5, 5.41) is 14.0. The molecule has 0 aliphatic carbocycles. The molecule has 0 unspecified atom stereocenters. The highest BCUT2D eigenvalue weighted by atomic mass is 32.1. The van der Waals surface area contributed by atoms with Crippen molar-refractivity contribution in [3.8, 4) is 16.5 Å². The van der Waals surface area contributed by atoms with E-state index in [-0.39, 0.29) is 29.2 Å². The summed E-state index contributed by atoms with van der Waals surface area (Å²) in [4.78, 5) is 17.9. The molecule has 0 radical (unpaired) electrons. The maximum Gasteiger partial charge on any atom is 0.416 e. The fraction of sp³-hybridized carbons (Fsp3) is 0.105. The van der Waals surface area contributed by atoms with E-state index in [2.05, 4.69) is 20.3 Å². The maximum atomic E-state index is 13.0. The second-order valence-corrected chi connectivity index (χ2v) is 7.45. The summed E-state index contributed by atoms with van der Waals surface area (Å²) in [7, 11) is 0. The van der Waals surface area contributed by atoms with Crippen LogP contribution in [-0.4, -0.2) is 29.5 Å². The molecule has 0 bridgehead atoms.